The average molecular weight is 367 g/mol. The molecule has 0 radical (unpaired) electrons. The maximum Gasteiger partial charge on any atom is 0.406 e. The lowest BCUT2D eigenvalue weighted by Crippen LogP contribution is -2.46. The molecule has 26 heavy (non-hydrogen) atoms. The fraction of sp³-hybridized carbons (Fsp3) is 0.474. The van der Waals surface area contributed by atoms with Gasteiger partial charge in [-0.15, -0.1) is 0 Å². The van der Waals surface area contributed by atoms with Crippen molar-refractivity contribution in [3.05, 3.63) is 30.0 Å². The SMILES string of the molecule is CC#Cc1cc2c(N[C@@H]3CCN(C)C[C@@H]3F)cccc2n1CC(F)(F)F. The molecule has 2 atom stereocenters. The van der Waals surface area contributed by atoms with Crippen LogP contribution in [-0.4, -0.2) is 48.0 Å². The summed E-state index contributed by atoms with van der Waals surface area (Å²) in [4.78, 5) is 1.93. The van der Waals surface area contributed by atoms with Gasteiger partial charge in [0.25, 0.3) is 0 Å². The standard InChI is InChI=1S/C19H21F4N3/c1-3-5-13-10-14-16(24-17-8-9-25(2)11-15(17)20)6-4-7-18(14)26(13)12-19(21,22)23/h4,6-7,10,15,17,24H,8-9,11-12H2,1-2H3/t15-,17+/m0/s1. The van der Waals surface area contributed by atoms with Crippen molar-refractivity contribution >= 4 is 16.6 Å². The third kappa shape index (κ3) is 3.96. The van der Waals surface area contributed by atoms with Crippen LogP contribution < -0.4 is 5.32 Å². The van der Waals surface area contributed by atoms with E-state index in [1.807, 2.05) is 11.9 Å². The second-order valence-electron chi connectivity index (χ2n) is 6.66. The monoisotopic (exact) mass is 367 g/mol. The van der Waals surface area contributed by atoms with Gasteiger partial charge in [-0.3, -0.25) is 0 Å². The van der Waals surface area contributed by atoms with Gasteiger partial charge in [-0.2, -0.15) is 13.2 Å². The number of nitrogens with zero attached hydrogens (tertiary/aromatic N) is 2. The summed E-state index contributed by atoms with van der Waals surface area (Å²) in [6, 6.07) is 6.37. The average Bonchev–Trinajstić information content (AvgIpc) is 2.88. The molecule has 0 aliphatic carbocycles. The first-order valence-electron chi connectivity index (χ1n) is 8.49. The molecule has 140 valence electrons. The number of hydrogen-bond acceptors (Lipinski definition) is 2. The van der Waals surface area contributed by atoms with E-state index in [9.17, 15) is 17.6 Å². The molecule has 0 bridgehead atoms. The number of rotatable bonds is 3. The predicted octanol–water partition coefficient (Wildman–Crippen LogP) is 4.03. The molecule has 7 heteroatoms. The molecule has 1 aliphatic rings. The Morgan fingerprint density at radius 2 is 2.08 bits per heavy atom. The van der Waals surface area contributed by atoms with Gasteiger partial charge in [-0.1, -0.05) is 12.0 Å². The summed E-state index contributed by atoms with van der Waals surface area (Å²) in [5, 5.41) is 3.82. The number of likely N-dealkylation sites (tertiary alicyclic amines) is 1. The summed E-state index contributed by atoms with van der Waals surface area (Å²) in [7, 11) is 1.87. The van der Waals surface area contributed by atoms with E-state index in [0.717, 1.165) is 6.54 Å². The van der Waals surface area contributed by atoms with Crippen molar-refractivity contribution in [2.24, 2.45) is 0 Å². The van der Waals surface area contributed by atoms with E-state index in [4.69, 9.17) is 0 Å². The van der Waals surface area contributed by atoms with Gasteiger partial charge < -0.3 is 14.8 Å². The Morgan fingerprint density at radius 3 is 2.73 bits per heavy atom. The van der Waals surface area contributed by atoms with Crippen molar-refractivity contribution < 1.29 is 17.6 Å². The van der Waals surface area contributed by atoms with Crippen LogP contribution in [0.5, 0.6) is 0 Å². The summed E-state index contributed by atoms with van der Waals surface area (Å²) < 4.78 is 54.5. The van der Waals surface area contributed by atoms with Gasteiger partial charge in [0, 0.05) is 24.2 Å². The van der Waals surface area contributed by atoms with Crippen LogP contribution in [0.3, 0.4) is 0 Å². The van der Waals surface area contributed by atoms with E-state index >= 15 is 0 Å². The Bertz CT molecular complexity index is 844. The molecular formula is C19H21F4N3. The van der Waals surface area contributed by atoms with E-state index in [2.05, 4.69) is 17.2 Å². The lowest BCUT2D eigenvalue weighted by Gasteiger charge is -2.33. The molecule has 1 aromatic heterocycles. The van der Waals surface area contributed by atoms with E-state index < -0.39 is 18.9 Å². The van der Waals surface area contributed by atoms with E-state index in [1.54, 1.807) is 31.2 Å². The second kappa shape index (κ2) is 7.20. The van der Waals surface area contributed by atoms with Gasteiger partial charge in [-0.25, -0.2) is 4.39 Å². The van der Waals surface area contributed by atoms with Crippen molar-refractivity contribution in [3.8, 4) is 11.8 Å². The Hall–Kier alpha value is -2.20. The third-order valence-electron chi connectivity index (χ3n) is 4.62. The highest BCUT2D eigenvalue weighted by atomic mass is 19.4. The largest absolute Gasteiger partial charge is 0.406 e. The summed E-state index contributed by atoms with van der Waals surface area (Å²) in [6.45, 7) is 1.59. The molecule has 1 fully saturated rings. The van der Waals surface area contributed by atoms with Crippen LogP contribution in [0.25, 0.3) is 10.9 Å². The zero-order chi connectivity index (χ0) is 18.9. The first kappa shape index (κ1) is 18.6. The van der Waals surface area contributed by atoms with Crippen molar-refractivity contribution in [1.82, 2.24) is 9.47 Å². The summed E-state index contributed by atoms with van der Waals surface area (Å²) >= 11 is 0. The maximum atomic E-state index is 14.3. The highest BCUT2D eigenvalue weighted by molar-refractivity contribution is 5.94. The lowest BCUT2D eigenvalue weighted by molar-refractivity contribution is -0.140. The number of benzene rings is 1. The second-order valence-corrected chi connectivity index (χ2v) is 6.66. The van der Waals surface area contributed by atoms with Crippen molar-refractivity contribution in [2.75, 3.05) is 25.5 Å². The normalized spacial score (nSPS) is 21.5. The first-order valence-corrected chi connectivity index (χ1v) is 8.49. The molecule has 1 aliphatic heterocycles. The first-order chi connectivity index (χ1) is 12.3. The topological polar surface area (TPSA) is 20.2 Å². The van der Waals surface area contributed by atoms with E-state index in [1.165, 1.54) is 4.57 Å². The molecule has 3 rings (SSSR count). The number of anilines is 1. The van der Waals surface area contributed by atoms with Crippen LogP contribution in [0.15, 0.2) is 24.3 Å². The van der Waals surface area contributed by atoms with Crippen LogP contribution in [0.1, 0.15) is 19.0 Å². The Kier molecular flexibility index (Phi) is 5.15. The minimum Gasteiger partial charge on any atom is -0.379 e. The molecular weight excluding hydrogens is 346 g/mol. The highest BCUT2D eigenvalue weighted by Gasteiger charge is 2.31. The minimum atomic E-state index is -4.35. The third-order valence-corrected chi connectivity index (χ3v) is 4.62. The van der Waals surface area contributed by atoms with Crippen molar-refractivity contribution in [2.45, 2.75) is 38.3 Å². The van der Waals surface area contributed by atoms with Crippen LogP contribution >= 0.6 is 0 Å². The van der Waals surface area contributed by atoms with Gasteiger partial charge >= 0.3 is 6.18 Å². The Balaban J connectivity index is 1.99. The number of halogens is 4. The molecule has 0 saturated carbocycles. The van der Waals surface area contributed by atoms with E-state index in [0.29, 0.717) is 35.2 Å². The molecule has 0 amide bonds. The van der Waals surface area contributed by atoms with Gasteiger partial charge in [-0.05, 0) is 44.5 Å². The minimum absolute atomic E-state index is 0.300. The highest BCUT2D eigenvalue weighted by Crippen LogP contribution is 2.31. The fourth-order valence-corrected chi connectivity index (χ4v) is 3.41. The molecule has 2 aromatic rings. The smallest absolute Gasteiger partial charge is 0.379 e. The van der Waals surface area contributed by atoms with Gasteiger partial charge in [0.05, 0.1) is 17.3 Å². The zero-order valence-electron chi connectivity index (χ0n) is 14.7. The predicted molar refractivity (Wildman–Crippen MR) is 95.0 cm³/mol. The molecule has 1 N–H and O–H groups in total. The number of piperidine rings is 1. The fourth-order valence-electron chi connectivity index (χ4n) is 3.41. The van der Waals surface area contributed by atoms with Crippen molar-refractivity contribution in [3.63, 3.8) is 0 Å². The van der Waals surface area contributed by atoms with Crippen LogP contribution in [0, 0.1) is 11.8 Å². The number of hydrogen-bond donors (Lipinski definition) is 1. The van der Waals surface area contributed by atoms with Crippen LogP contribution in [0.2, 0.25) is 0 Å². The Morgan fingerprint density at radius 1 is 1.31 bits per heavy atom. The molecule has 1 aromatic carbocycles. The lowest BCUT2D eigenvalue weighted by atomic mass is 10.0. The number of nitrogens with one attached hydrogen (secondary N) is 1. The molecule has 3 nitrogen and oxygen atoms in total. The van der Waals surface area contributed by atoms with Gasteiger partial charge in [0.2, 0.25) is 0 Å². The summed E-state index contributed by atoms with van der Waals surface area (Å²) in [5.41, 5.74) is 1.38. The number of aromatic nitrogens is 1. The van der Waals surface area contributed by atoms with Gasteiger partial charge in [0.15, 0.2) is 0 Å². The quantitative estimate of drug-likeness (QED) is 0.653. The van der Waals surface area contributed by atoms with Crippen LogP contribution in [0.4, 0.5) is 23.2 Å². The van der Waals surface area contributed by atoms with Crippen molar-refractivity contribution in [1.29, 1.82) is 0 Å². The molecule has 1 saturated heterocycles. The maximum absolute atomic E-state index is 14.3. The van der Waals surface area contributed by atoms with Gasteiger partial charge in [0.1, 0.15) is 12.7 Å². The van der Waals surface area contributed by atoms with E-state index in [-0.39, 0.29) is 6.04 Å². The van der Waals surface area contributed by atoms with Crippen LogP contribution in [-0.2, 0) is 6.54 Å². The number of fused-ring (bicyclic) bond motifs is 1. The molecule has 2 heterocycles. The molecule has 0 spiro atoms. The zero-order valence-corrected chi connectivity index (χ0v) is 14.7. The number of alkyl halides is 4. The molecule has 0 unspecified atom stereocenters. The Labute approximate surface area is 150 Å². The summed E-state index contributed by atoms with van der Waals surface area (Å²) in [5.74, 6) is 5.40. The summed E-state index contributed by atoms with van der Waals surface area (Å²) in [6.07, 6.45) is -4.74.